The number of hydrogen-bond acceptors (Lipinski definition) is 3. The number of rotatable bonds is 3. The van der Waals surface area contributed by atoms with Gasteiger partial charge >= 0.3 is 6.18 Å². The number of halogens is 4. The summed E-state index contributed by atoms with van der Waals surface area (Å²) in [7, 11) is 0. The number of benzene rings is 2. The first kappa shape index (κ1) is 21.8. The fourth-order valence-corrected chi connectivity index (χ4v) is 3.93. The third-order valence-corrected chi connectivity index (χ3v) is 5.46. The van der Waals surface area contributed by atoms with E-state index in [4.69, 9.17) is 12.2 Å². The van der Waals surface area contributed by atoms with Crippen LogP contribution in [0.5, 0.6) is 0 Å². The summed E-state index contributed by atoms with van der Waals surface area (Å²) in [6.07, 6.45) is -1.41. The van der Waals surface area contributed by atoms with Gasteiger partial charge in [-0.1, -0.05) is 6.07 Å². The van der Waals surface area contributed by atoms with E-state index < -0.39 is 17.6 Å². The monoisotopic (exact) mass is 533 g/mol. The molecule has 0 spiro atoms. The fraction of sp³-hybridized carbons (Fsp3) is 0.300. The highest BCUT2D eigenvalue weighted by atomic mass is 127. The van der Waals surface area contributed by atoms with Crippen LogP contribution in [0.2, 0.25) is 0 Å². The Bertz CT molecular complexity index is 914. The molecule has 1 aliphatic heterocycles. The Kier molecular flexibility index (Phi) is 6.99. The van der Waals surface area contributed by atoms with Crippen LogP contribution in [-0.4, -0.2) is 24.1 Å². The summed E-state index contributed by atoms with van der Waals surface area (Å²) in [5.74, 6) is -0.424. The molecule has 1 fully saturated rings. The highest BCUT2D eigenvalue weighted by molar-refractivity contribution is 14.1. The Morgan fingerprint density at radius 1 is 1.07 bits per heavy atom. The van der Waals surface area contributed by atoms with Gasteiger partial charge in [-0.25, -0.2) is 0 Å². The van der Waals surface area contributed by atoms with Gasteiger partial charge in [0.05, 0.1) is 16.9 Å². The summed E-state index contributed by atoms with van der Waals surface area (Å²) in [6.45, 7) is 1.53. The number of amides is 1. The molecule has 154 valence electrons. The molecule has 1 amide bonds. The lowest BCUT2D eigenvalue weighted by Gasteiger charge is -2.31. The molecular weight excluding hydrogens is 514 g/mol. The number of nitrogens with one attached hydrogen (secondary N) is 2. The molecule has 1 saturated heterocycles. The smallest absolute Gasteiger partial charge is 0.370 e. The molecule has 1 aliphatic rings. The number of anilines is 2. The molecule has 3 rings (SSSR count). The molecule has 29 heavy (non-hydrogen) atoms. The third kappa shape index (κ3) is 5.81. The van der Waals surface area contributed by atoms with Crippen molar-refractivity contribution in [3.8, 4) is 0 Å². The van der Waals surface area contributed by atoms with Crippen LogP contribution < -0.4 is 15.5 Å². The standard InChI is InChI=1S/C20H19F3IN3OS/c21-20(22,23)14-7-8-17(27-9-2-1-3-10-27)16(12-14)25-19(29)26-18(28)13-5-4-6-15(24)11-13/h4-8,11-12H,1-3,9-10H2,(H2,25,26,28,29). The van der Waals surface area contributed by atoms with E-state index in [2.05, 4.69) is 33.2 Å². The Labute approximate surface area is 186 Å². The highest BCUT2D eigenvalue weighted by Gasteiger charge is 2.31. The number of alkyl halides is 3. The van der Waals surface area contributed by atoms with E-state index >= 15 is 0 Å². The zero-order valence-corrected chi connectivity index (χ0v) is 18.3. The van der Waals surface area contributed by atoms with E-state index in [0.717, 1.165) is 48.1 Å². The fourth-order valence-electron chi connectivity index (χ4n) is 3.18. The zero-order valence-electron chi connectivity index (χ0n) is 15.4. The SMILES string of the molecule is O=C(NC(=S)Nc1cc(C(F)(F)F)ccc1N1CCCCC1)c1cccc(I)c1. The van der Waals surface area contributed by atoms with Gasteiger partial charge in [0.25, 0.3) is 5.91 Å². The Balaban J connectivity index is 1.81. The zero-order chi connectivity index (χ0) is 21.0. The van der Waals surface area contributed by atoms with Crippen molar-refractivity contribution in [1.29, 1.82) is 0 Å². The van der Waals surface area contributed by atoms with E-state index in [1.54, 1.807) is 18.2 Å². The van der Waals surface area contributed by atoms with Crippen LogP contribution in [0.4, 0.5) is 24.5 Å². The van der Waals surface area contributed by atoms with Crippen LogP contribution in [0.25, 0.3) is 0 Å². The molecule has 0 aliphatic carbocycles. The molecule has 9 heteroatoms. The molecule has 0 saturated carbocycles. The normalized spacial score (nSPS) is 14.4. The second kappa shape index (κ2) is 9.29. The van der Waals surface area contributed by atoms with Gasteiger partial charge in [0.15, 0.2) is 5.11 Å². The summed E-state index contributed by atoms with van der Waals surface area (Å²) in [4.78, 5) is 14.4. The first-order chi connectivity index (χ1) is 13.7. The Morgan fingerprint density at radius 3 is 2.45 bits per heavy atom. The van der Waals surface area contributed by atoms with Crippen LogP contribution in [0, 0.1) is 3.57 Å². The molecule has 1 heterocycles. The number of thiocarbonyl (C=S) groups is 1. The number of hydrogen-bond donors (Lipinski definition) is 2. The minimum absolute atomic E-state index is 0.0496. The number of piperidine rings is 1. The molecule has 0 aromatic heterocycles. The van der Waals surface area contributed by atoms with Crippen molar-refractivity contribution in [1.82, 2.24) is 5.32 Å². The first-order valence-corrected chi connectivity index (χ1v) is 10.6. The third-order valence-electron chi connectivity index (χ3n) is 4.58. The van der Waals surface area contributed by atoms with Crippen molar-refractivity contribution in [3.63, 3.8) is 0 Å². The topological polar surface area (TPSA) is 44.4 Å². The van der Waals surface area contributed by atoms with Gasteiger partial charge in [-0.05, 0) is 90.5 Å². The molecule has 0 radical (unpaired) electrons. The molecule has 0 bridgehead atoms. The minimum atomic E-state index is -4.47. The molecule has 2 aromatic rings. The average Bonchev–Trinajstić information content (AvgIpc) is 2.68. The molecular formula is C20H19F3IN3OS. The van der Waals surface area contributed by atoms with Crippen molar-refractivity contribution in [3.05, 3.63) is 57.2 Å². The summed E-state index contributed by atoms with van der Waals surface area (Å²) >= 11 is 7.29. The van der Waals surface area contributed by atoms with E-state index in [1.165, 1.54) is 6.07 Å². The maximum Gasteiger partial charge on any atom is 0.416 e. The van der Waals surface area contributed by atoms with Crippen molar-refractivity contribution in [2.75, 3.05) is 23.3 Å². The molecule has 2 N–H and O–H groups in total. The molecule has 0 atom stereocenters. The van der Waals surface area contributed by atoms with Crippen LogP contribution in [0.15, 0.2) is 42.5 Å². The van der Waals surface area contributed by atoms with Gasteiger partial charge < -0.3 is 10.2 Å². The van der Waals surface area contributed by atoms with Crippen molar-refractivity contribution in [2.45, 2.75) is 25.4 Å². The van der Waals surface area contributed by atoms with Crippen LogP contribution in [0.3, 0.4) is 0 Å². The van der Waals surface area contributed by atoms with Crippen LogP contribution >= 0.6 is 34.8 Å². The average molecular weight is 533 g/mol. The maximum absolute atomic E-state index is 13.2. The summed E-state index contributed by atoms with van der Waals surface area (Å²) < 4.78 is 40.5. The quantitative estimate of drug-likeness (QED) is 0.409. The second-order valence-corrected chi connectivity index (χ2v) is 8.35. The minimum Gasteiger partial charge on any atom is -0.370 e. The summed E-state index contributed by atoms with van der Waals surface area (Å²) in [5, 5.41) is 5.28. The maximum atomic E-state index is 13.2. The van der Waals surface area contributed by atoms with E-state index in [-0.39, 0.29) is 10.8 Å². The van der Waals surface area contributed by atoms with Crippen LogP contribution in [-0.2, 0) is 6.18 Å². The van der Waals surface area contributed by atoms with Gasteiger partial charge in [0, 0.05) is 22.2 Å². The molecule has 2 aromatic carbocycles. The highest BCUT2D eigenvalue weighted by Crippen LogP contribution is 2.36. The summed E-state index contributed by atoms with van der Waals surface area (Å²) in [5.41, 5.74) is 0.520. The van der Waals surface area contributed by atoms with E-state index in [1.807, 2.05) is 11.0 Å². The van der Waals surface area contributed by atoms with E-state index in [0.29, 0.717) is 11.3 Å². The first-order valence-electron chi connectivity index (χ1n) is 9.08. The largest absolute Gasteiger partial charge is 0.416 e. The Hall–Kier alpha value is -1.88. The van der Waals surface area contributed by atoms with Gasteiger partial charge in [-0.15, -0.1) is 0 Å². The van der Waals surface area contributed by atoms with Gasteiger partial charge in [-0.2, -0.15) is 13.2 Å². The second-order valence-electron chi connectivity index (χ2n) is 6.70. The van der Waals surface area contributed by atoms with Crippen LogP contribution in [0.1, 0.15) is 35.2 Å². The van der Waals surface area contributed by atoms with Crippen molar-refractivity contribution < 1.29 is 18.0 Å². The van der Waals surface area contributed by atoms with Crippen molar-refractivity contribution in [2.24, 2.45) is 0 Å². The molecule has 0 unspecified atom stereocenters. The predicted octanol–water partition coefficient (Wildman–Crippen LogP) is 5.43. The number of nitrogens with zero attached hydrogens (tertiary/aromatic N) is 1. The lowest BCUT2D eigenvalue weighted by molar-refractivity contribution is -0.137. The number of carbonyl (C=O) groups excluding carboxylic acids is 1. The Morgan fingerprint density at radius 2 is 1.79 bits per heavy atom. The van der Waals surface area contributed by atoms with Gasteiger partial charge in [0.2, 0.25) is 0 Å². The summed E-state index contributed by atoms with van der Waals surface area (Å²) in [6, 6.07) is 10.5. The lowest BCUT2D eigenvalue weighted by Crippen LogP contribution is -2.35. The predicted molar refractivity (Wildman–Crippen MR) is 120 cm³/mol. The van der Waals surface area contributed by atoms with Gasteiger partial charge in [-0.3, -0.25) is 10.1 Å². The van der Waals surface area contributed by atoms with Gasteiger partial charge in [0.1, 0.15) is 0 Å². The number of carbonyl (C=O) groups is 1. The molecule has 4 nitrogen and oxygen atoms in total. The van der Waals surface area contributed by atoms with E-state index in [9.17, 15) is 18.0 Å². The van der Waals surface area contributed by atoms with Crippen molar-refractivity contribution >= 4 is 57.2 Å². The lowest BCUT2D eigenvalue weighted by atomic mass is 10.1.